The minimum atomic E-state index is -0.718. The normalized spacial score (nSPS) is 11.8. The summed E-state index contributed by atoms with van der Waals surface area (Å²) in [4.78, 5) is 23.1. The van der Waals surface area contributed by atoms with E-state index in [9.17, 15) is 9.59 Å². The number of carbonyl (C=O) groups excluding carboxylic acids is 2. The molecule has 0 saturated carbocycles. The molecule has 0 fully saturated rings. The lowest BCUT2D eigenvalue weighted by Crippen LogP contribution is -2.27. The summed E-state index contributed by atoms with van der Waals surface area (Å²) in [5.74, 6) is -1.12. The minimum Gasteiger partial charge on any atom is -0.462 e. The van der Waals surface area contributed by atoms with Crippen LogP contribution in [0.2, 0.25) is 0 Å². The zero-order valence-electron chi connectivity index (χ0n) is 13.0. The van der Waals surface area contributed by atoms with Crippen LogP contribution in [0.3, 0.4) is 0 Å². The van der Waals surface area contributed by atoms with E-state index in [-0.39, 0.29) is 5.17 Å². The highest BCUT2D eigenvalue weighted by Crippen LogP contribution is 2.12. The summed E-state index contributed by atoms with van der Waals surface area (Å²) in [6, 6.07) is 6.40. The van der Waals surface area contributed by atoms with Gasteiger partial charge in [-0.3, -0.25) is 5.43 Å². The highest BCUT2D eigenvalue weighted by Gasteiger charge is 2.19. The van der Waals surface area contributed by atoms with Crippen molar-refractivity contribution in [2.24, 2.45) is 5.10 Å². The summed E-state index contributed by atoms with van der Waals surface area (Å²) in [6.07, 6.45) is 0. The first-order valence-electron chi connectivity index (χ1n) is 6.72. The van der Waals surface area contributed by atoms with Crippen molar-refractivity contribution in [1.29, 1.82) is 0 Å². The van der Waals surface area contributed by atoms with Crippen LogP contribution >= 0.6 is 11.6 Å². The molecule has 0 amide bonds. The second-order valence-corrected chi connectivity index (χ2v) is 5.67. The lowest BCUT2D eigenvalue weighted by molar-refractivity contribution is -0.145. The molecular formula is C15H19ClN2O4. The molecule has 0 bridgehead atoms. The van der Waals surface area contributed by atoms with Crippen LogP contribution < -0.4 is 5.43 Å². The molecular weight excluding hydrogens is 308 g/mol. The van der Waals surface area contributed by atoms with Crippen molar-refractivity contribution in [3.05, 3.63) is 29.8 Å². The molecule has 7 heteroatoms. The standard InChI is InChI=1S/C15H19ClN2O4/c1-5-21-13(19)10-6-8-11(9-7-10)17-18-12(16)14(20)22-15(2,3)4/h6-9,17H,5H2,1-4H3. The van der Waals surface area contributed by atoms with Crippen LogP contribution in [0.15, 0.2) is 29.4 Å². The van der Waals surface area contributed by atoms with Gasteiger partial charge >= 0.3 is 11.9 Å². The first-order chi connectivity index (χ1) is 10.2. The fraction of sp³-hybridized carbons (Fsp3) is 0.400. The fourth-order valence-corrected chi connectivity index (χ4v) is 1.46. The molecule has 0 spiro atoms. The zero-order chi connectivity index (χ0) is 16.8. The maximum absolute atomic E-state index is 11.6. The number of hydrazone groups is 1. The maximum atomic E-state index is 11.6. The monoisotopic (exact) mass is 326 g/mol. The predicted octanol–water partition coefficient (Wildman–Crippen LogP) is 3.17. The second-order valence-electron chi connectivity index (χ2n) is 5.31. The molecule has 0 aromatic heterocycles. The number of benzene rings is 1. The number of anilines is 1. The van der Waals surface area contributed by atoms with Crippen molar-refractivity contribution in [2.45, 2.75) is 33.3 Å². The zero-order valence-corrected chi connectivity index (χ0v) is 13.7. The quantitative estimate of drug-likeness (QED) is 0.511. The summed E-state index contributed by atoms with van der Waals surface area (Å²) in [5, 5.41) is 3.42. The van der Waals surface area contributed by atoms with Crippen LogP contribution in [0, 0.1) is 0 Å². The van der Waals surface area contributed by atoms with Crippen LogP contribution in [0.4, 0.5) is 5.69 Å². The van der Waals surface area contributed by atoms with Crippen molar-refractivity contribution >= 4 is 34.4 Å². The van der Waals surface area contributed by atoms with Crippen LogP contribution in [0.25, 0.3) is 0 Å². The largest absolute Gasteiger partial charge is 0.462 e. The second kappa shape index (κ2) is 7.79. The molecule has 0 unspecified atom stereocenters. The third-order valence-electron chi connectivity index (χ3n) is 2.25. The highest BCUT2D eigenvalue weighted by molar-refractivity contribution is 6.82. The molecule has 0 aliphatic heterocycles. The lowest BCUT2D eigenvalue weighted by Gasteiger charge is -2.18. The van der Waals surface area contributed by atoms with E-state index in [4.69, 9.17) is 21.1 Å². The minimum absolute atomic E-state index is 0.314. The van der Waals surface area contributed by atoms with E-state index in [1.54, 1.807) is 52.0 Å². The molecule has 0 heterocycles. The Labute approximate surface area is 134 Å². The molecule has 120 valence electrons. The van der Waals surface area contributed by atoms with Crippen molar-refractivity contribution in [3.63, 3.8) is 0 Å². The summed E-state index contributed by atoms with van der Waals surface area (Å²) < 4.78 is 9.94. The summed E-state index contributed by atoms with van der Waals surface area (Å²) in [7, 11) is 0. The first kappa shape index (κ1) is 18.0. The summed E-state index contributed by atoms with van der Waals surface area (Å²) in [5.41, 5.74) is 2.96. The number of nitrogens with zero attached hydrogens (tertiary/aromatic N) is 1. The number of halogens is 1. The van der Waals surface area contributed by atoms with Gasteiger partial charge in [-0.1, -0.05) is 11.6 Å². The van der Waals surface area contributed by atoms with Gasteiger partial charge in [-0.15, -0.1) is 0 Å². The Balaban J connectivity index is 2.66. The van der Waals surface area contributed by atoms with Gasteiger partial charge in [0.2, 0.25) is 5.17 Å². The van der Waals surface area contributed by atoms with Crippen molar-refractivity contribution < 1.29 is 19.1 Å². The Kier molecular flexibility index (Phi) is 6.37. The van der Waals surface area contributed by atoms with Crippen molar-refractivity contribution in [1.82, 2.24) is 0 Å². The van der Waals surface area contributed by atoms with Crippen LogP contribution in [0.1, 0.15) is 38.1 Å². The van der Waals surface area contributed by atoms with E-state index in [0.717, 1.165) is 0 Å². The Hall–Kier alpha value is -2.08. The molecule has 1 rings (SSSR count). The Morgan fingerprint density at radius 1 is 1.23 bits per heavy atom. The van der Waals surface area contributed by atoms with Gasteiger partial charge in [0.1, 0.15) is 5.60 Å². The molecule has 1 aromatic carbocycles. The average Bonchev–Trinajstić information content (AvgIpc) is 2.43. The van der Waals surface area contributed by atoms with Gasteiger partial charge < -0.3 is 9.47 Å². The molecule has 0 aliphatic rings. The van der Waals surface area contributed by atoms with E-state index < -0.39 is 17.5 Å². The molecule has 0 saturated heterocycles. The Morgan fingerprint density at radius 3 is 2.32 bits per heavy atom. The summed E-state index contributed by atoms with van der Waals surface area (Å²) in [6.45, 7) is 7.25. The molecule has 22 heavy (non-hydrogen) atoms. The molecule has 6 nitrogen and oxygen atoms in total. The number of carbonyl (C=O) groups is 2. The van der Waals surface area contributed by atoms with E-state index in [1.165, 1.54) is 0 Å². The van der Waals surface area contributed by atoms with Crippen molar-refractivity contribution in [2.75, 3.05) is 12.0 Å². The molecule has 0 aliphatic carbocycles. The number of rotatable bonds is 5. The molecule has 1 aromatic rings. The van der Waals surface area contributed by atoms with Crippen molar-refractivity contribution in [3.8, 4) is 0 Å². The van der Waals surface area contributed by atoms with Crippen LogP contribution in [-0.4, -0.2) is 29.3 Å². The van der Waals surface area contributed by atoms with E-state index >= 15 is 0 Å². The molecule has 0 radical (unpaired) electrons. The Bertz CT molecular complexity index is 562. The number of hydrogen-bond donors (Lipinski definition) is 1. The van der Waals surface area contributed by atoms with E-state index in [1.807, 2.05) is 0 Å². The van der Waals surface area contributed by atoms with Gasteiger partial charge in [0, 0.05) is 0 Å². The topological polar surface area (TPSA) is 77.0 Å². The lowest BCUT2D eigenvalue weighted by atomic mass is 10.2. The summed E-state index contributed by atoms with van der Waals surface area (Å²) >= 11 is 5.75. The van der Waals surface area contributed by atoms with Gasteiger partial charge in [0.05, 0.1) is 17.9 Å². The van der Waals surface area contributed by atoms with Gasteiger partial charge in [0.15, 0.2) is 0 Å². The van der Waals surface area contributed by atoms with E-state index in [2.05, 4.69) is 10.5 Å². The third kappa shape index (κ3) is 6.13. The van der Waals surface area contributed by atoms with Gasteiger partial charge in [-0.05, 0) is 52.0 Å². The third-order valence-corrected chi connectivity index (χ3v) is 2.49. The number of ether oxygens (including phenoxy) is 2. The first-order valence-corrected chi connectivity index (χ1v) is 7.10. The fourth-order valence-electron chi connectivity index (χ4n) is 1.37. The van der Waals surface area contributed by atoms with E-state index in [0.29, 0.717) is 17.9 Å². The van der Waals surface area contributed by atoms with Crippen LogP contribution in [-0.2, 0) is 14.3 Å². The average molecular weight is 327 g/mol. The smallest absolute Gasteiger partial charge is 0.371 e. The van der Waals surface area contributed by atoms with Gasteiger partial charge in [0.25, 0.3) is 0 Å². The predicted molar refractivity (Wildman–Crippen MR) is 85.2 cm³/mol. The van der Waals surface area contributed by atoms with Crippen LogP contribution in [0.5, 0.6) is 0 Å². The number of nitrogens with one attached hydrogen (secondary N) is 1. The number of esters is 2. The van der Waals surface area contributed by atoms with Gasteiger partial charge in [-0.25, -0.2) is 9.59 Å². The SMILES string of the molecule is CCOC(=O)c1ccc(NN=C(Cl)C(=O)OC(C)(C)C)cc1. The Morgan fingerprint density at radius 2 is 1.82 bits per heavy atom. The number of hydrogen-bond acceptors (Lipinski definition) is 6. The molecule has 0 atom stereocenters. The molecule has 1 N–H and O–H groups in total. The highest BCUT2D eigenvalue weighted by atomic mass is 35.5. The maximum Gasteiger partial charge on any atom is 0.371 e. The van der Waals surface area contributed by atoms with Gasteiger partial charge in [-0.2, -0.15) is 5.10 Å².